The first-order valence-electron chi connectivity index (χ1n) is 7.57. The van der Waals surface area contributed by atoms with E-state index in [1.165, 1.54) is 4.88 Å². The highest BCUT2D eigenvalue weighted by Crippen LogP contribution is 2.43. The summed E-state index contributed by atoms with van der Waals surface area (Å²) in [5.74, 6) is 0.241. The summed E-state index contributed by atoms with van der Waals surface area (Å²) in [5, 5.41) is 15.7. The van der Waals surface area contributed by atoms with Gasteiger partial charge in [-0.3, -0.25) is 4.98 Å². The quantitative estimate of drug-likeness (QED) is 0.696. The van der Waals surface area contributed by atoms with Crippen LogP contribution in [0.3, 0.4) is 0 Å². The molecule has 0 amide bonds. The van der Waals surface area contributed by atoms with Crippen LogP contribution in [0, 0.1) is 0 Å². The molecule has 1 aliphatic rings. The Morgan fingerprint density at radius 1 is 1.08 bits per heavy atom. The lowest BCUT2D eigenvalue weighted by Gasteiger charge is -2.26. The molecule has 0 aliphatic carbocycles. The number of hydrogen-bond acceptors (Lipinski definition) is 4. The third-order valence-corrected chi connectivity index (χ3v) is 5.32. The lowest BCUT2D eigenvalue weighted by Crippen LogP contribution is -2.28. The molecule has 0 radical (unpaired) electrons. The van der Waals surface area contributed by atoms with Crippen LogP contribution < -0.4 is 10.2 Å². The molecule has 0 spiro atoms. The van der Waals surface area contributed by atoms with Crippen molar-refractivity contribution in [1.82, 2.24) is 10.3 Å². The lowest BCUT2D eigenvalue weighted by atomic mass is 10.0. The van der Waals surface area contributed by atoms with Crippen molar-refractivity contribution < 1.29 is 5.11 Å². The maximum absolute atomic E-state index is 9.57. The van der Waals surface area contributed by atoms with Gasteiger partial charge in [-0.15, -0.1) is 11.3 Å². The number of aromatic hydroxyl groups is 1. The van der Waals surface area contributed by atoms with Gasteiger partial charge >= 0.3 is 0 Å². The van der Waals surface area contributed by atoms with E-state index in [4.69, 9.17) is 12.2 Å². The molecule has 2 atom stereocenters. The Morgan fingerprint density at radius 3 is 2.58 bits per heavy atom. The van der Waals surface area contributed by atoms with Gasteiger partial charge in [0, 0.05) is 16.8 Å². The van der Waals surface area contributed by atoms with E-state index in [1.54, 1.807) is 29.7 Å². The smallest absolute Gasteiger partial charge is 0.174 e. The highest BCUT2D eigenvalue weighted by molar-refractivity contribution is 7.80. The highest BCUT2D eigenvalue weighted by Gasteiger charge is 2.41. The molecule has 0 saturated carbocycles. The Labute approximate surface area is 149 Å². The Hall–Kier alpha value is -2.44. The number of thiocarbonyl (C=S) groups is 1. The first-order chi connectivity index (χ1) is 11.7. The SMILES string of the molecule is Oc1ccc(N2C(=S)N[C@H](c3ccccn3)[C@@H]2c2cccs2)cc1. The van der Waals surface area contributed by atoms with E-state index in [0.717, 1.165) is 11.4 Å². The fourth-order valence-corrected chi connectivity index (χ4v) is 4.19. The van der Waals surface area contributed by atoms with Gasteiger partial charge in [0.1, 0.15) is 5.75 Å². The monoisotopic (exact) mass is 353 g/mol. The van der Waals surface area contributed by atoms with Crippen LogP contribution in [0.5, 0.6) is 5.75 Å². The topological polar surface area (TPSA) is 48.4 Å². The predicted octanol–water partition coefficient (Wildman–Crippen LogP) is 4.03. The number of pyridine rings is 1. The molecule has 3 aromatic rings. The number of nitrogens with zero attached hydrogens (tertiary/aromatic N) is 2. The maximum Gasteiger partial charge on any atom is 0.174 e. The first kappa shape index (κ1) is 15.1. The van der Waals surface area contributed by atoms with Crippen LogP contribution in [0.25, 0.3) is 0 Å². The molecule has 120 valence electrons. The third-order valence-electron chi connectivity index (χ3n) is 4.06. The van der Waals surface area contributed by atoms with E-state index in [-0.39, 0.29) is 17.8 Å². The molecular formula is C18H15N3OS2. The second-order valence-electron chi connectivity index (χ2n) is 5.53. The molecule has 2 N–H and O–H groups in total. The Balaban J connectivity index is 1.80. The number of benzene rings is 1. The maximum atomic E-state index is 9.57. The van der Waals surface area contributed by atoms with E-state index >= 15 is 0 Å². The molecule has 4 nitrogen and oxygen atoms in total. The molecule has 24 heavy (non-hydrogen) atoms. The molecular weight excluding hydrogens is 338 g/mol. The molecule has 0 bridgehead atoms. The molecule has 0 unspecified atom stereocenters. The average Bonchev–Trinajstić information content (AvgIpc) is 3.24. The van der Waals surface area contributed by atoms with Gasteiger partial charge in [0.05, 0.1) is 17.8 Å². The Kier molecular flexibility index (Phi) is 3.92. The van der Waals surface area contributed by atoms with Gasteiger partial charge in [-0.25, -0.2) is 0 Å². The first-order valence-corrected chi connectivity index (χ1v) is 8.86. The number of nitrogens with one attached hydrogen (secondary N) is 1. The summed E-state index contributed by atoms with van der Waals surface area (Å²) in [6.45, 7) is 0. The number of phenolic OH excluding ortho intramolecular Hbond substituents is 1. The second kappa shape index (κ2) is 6.22. The Morgan fingerprint density at radius 2 is 1.92 bits per heavy atom. The van der Waals surface area contributed by atoms with E-state index < -0.39 is 0 Å². The van der Waals surface area contributed by atoms with Gasteiger partial charge in [0.25, 0.3) is 0 Å². The molecule has 1 aromatic carbocycles. The van der Waals surface area contributed by atoms with Gasteiger partial charge in [-0.1, -0.05) is 12.1 Å². The number of hydrogen-bond donors (Lipinski definition) is 2. The summed E-state index contributed by atoms with van der Waals surface area (Å²) in [4.78, 5) is 7.82. The van der Waals surface area contributed by atoms with Gasteiger partial charge in [-0.05, 0) is 60.1 Å². The summed E-state index contributed by atoms with van der Waals surface area (Å²) in [6, 6.07) is 17.2. The lowest BCUT2D eigenvalue weighted by molar-refractivity contribution is 0.475. The molecule has 4 rings (SSSR count). The molecule has 1 fully saturated rings. The number of aromatic nitrogens is 1. The zero-order valence-electron chi connectivity index (χ0n) is 12.7. The number of phenols is 1. The summed E-state index contributed by atoms with van der Waals surface area (Å²) < 4.78 is 0. The zero-order chi connectivity index (χ0) is 16.5. The summed E-state index contributed by atoms with van der Waals surface area (Å²) in [5.41, 5.74) is 1.90. The van der Waals surface area contributed by atoms with Crippen molar-refractivity contribution in [3.63, 3.8) is 0 Å². The number of anilines is 1. The van der Waals surface area contributed by atoms with Crippen molar-refractivity contribution in [1.29, 1.82) is 0 Å². The van der Waals surface area contributed by atoms with Crippen molar-refractivity contribution in [3.8, 4) is 5.75 Å². The summed E-state index contributed by atoms with van der Waals surface area (Å²) >= 11 is 7.32. The summed E-state index contributed by atoms with van der Waals surface area (Å²) in [6.07, 6.45) is 1.80. The minimum atomic E-state index is -0.0221. The van der Waals surface area contributed by atoms with E-state index in [0.29, 0.717) is 5.11 Å². The van der Waals surface area contributed by atoms with Crippen LogP contribution >= 0.6 is 23.6 Å². The fraction of sp³-hybridized carbons (Fsp3) is 0.111. The molecule has 3 heterocycles. The normalized spacial score (nSPS) is 20.2. The number of rotatable bonds is 3. The predicted molar refractivity (Wildman–Crippen MR) is 100 cm³/mol. The standard InChI is InChI=1S/C18H15N3OS2/c22-13-8-6-12(7-9-13)21-17(15-5-3-11-24-15)16(20-18(21)23)14-4-1-2-10-19-14/h1-11,16-17,22H,(H,20,23)/t16-,17+/m1/s1. The highest BCUT2D eigenvalue weighted by atomic mass is 32.1. The van der Waals surface area contributed by atoms with Crippen LogP contribution in [0.15, 0.2) is 66.2 Å². The van der Waals surface area contributed by atoms with Crippen molar-refractivity contribution in [3.05, 3.63) is 76.7 Å². The average molecular weight is 353 g/mol. The molecule has 1 saturated heterocycles. The van der Waals surface area contributed by atoms with E-state index in [2.05, 4.69) is 26.6 Å². The molecule has 2 aromatic heterocycles. The zero-order valence-corrected chi connectivity index (χ0v) is 14.3. The second-order valence-corrected chi connectivity index (χ2v) is 6.89. The van der Waals surface area contributed by atoms with Crippen molar-refractivity contribution in [2.75, 3.05) is 4.90 Å². The van der Waals surface area contributed by atoms with Crippen molar-refractivity contribution >= 4 is 34.4 Å². The largest absolute Gasteiger partial charge is 0.508 e. The fourth-order valence-electron chi connectivity index (χ4n) is 2.99. The minimum absolute atomic E-state index is 0.0221. The molecule has 6 heteroatoms. The number of thiophene rings is 1. The van der Waals surface area contributed by atoms with Crippen LogP contribution in [-0.4, -0.2) is 15.2 Å². The van der Waals surface area contributed by atoms with Gasteiger partial charge in [0.2, 0.25) is 0 Å². The van der Waals surface area contributed by atoms with Crippen LogP contribution in [0.4, 0.5) is 5.69 Å². The Bertz CT molecular complexity index is 834. The van der Waals surface area contributed by atoms with Crippen LogP contribution in [0.2, 0.25) is 0 Å². The van der Waals surface area contributed by atoms with Gasteiger partial charge in [-0.2, -0.15) is 0 Å². The van der Waals surface area contributed by atoms with Crippen molar-refractivity contribution in [2.24, 2.45) is 0 Å². The van der Waals surface area contributed by atoms with Crippen LogP contribution in [0.1, 0.15) is 22.7 Å². The minimum Gasteiger partial charge on any atom is -0.508 e. The van der Waals surface area contributed by atoms with Crippen LogP contribution in [-0.2, 0) is 0 Å². The molecule has 1 aliphatic heterocycles. The van der Waals surface area contributed by atoms with E-state index in [9.17, 15) is 5.11 Å². The van der Waals surface area contributed by atoms with Gasteiger partial charge < -0.3 is 15.3 Å². The summed E-state index contributed by atoms with van der Waals surface area (Å²) in [7, 11) is 0. The van der Waals surface area contributed by atoms with E-state index in [1.807, 2.05) is 36.4 Å². The van der Waals surface area contributed by atoms with Gasteiger partial charge in [0.15, 0.2) is 5.11 Å². The van der Waals surface area contributed by atoms with Crippen molar-refractivity contribution in [2.45, 2.75) is 12.1 Å². The third kappa shape index (κ3) is 2.64.